The molecule has 82 valence electrons. The van der Waals surface area contributed by atoms with E-state index < -0.39 is 0 Å². The molecule has 0 aromatic carbocycles. The van der Waals surface area contributed by atoms with Crippen molar-refractivity contribution < 1.29 is 4.79 Å². The van der Waals surface area contributed by atoms with Crippen LogP contribution in [0.3, 0.4) is 0 Å². The highest BCUT2D eigenvalue weighted by molar-refractivity contribution is 7.99. The van der Waals surface area contributed by atoms with E-state index in [1.54, 1.807) is 0 Å². The molecular formula is C11H21NOS. The van der Waals surface area contributed by atoms with Crippen molar-refractivity contribution in [2.45, 2.75) is 39.7 Å². The first-order valence-electron chi connectivity index (χ1n) is 5.33. The van der Waals surface area contributed by atoms with Gasteiger partial charge in [-0.2, -0.15) is 11.8 Å². The summed E-state index contributed by atoms with van der Waals surface area (Å²) in [6.07, 6.45) is 1.72. The maximum absolute atomic E-state index is 11.8. The molecule has 1 N–H and O–H groups in total. The van der Waals surface area contributed by atoms with Crippen LogP contribution in [0.4, 0.5) is 0 Å². The van der Waals surface area contributed by atoms with Gasteiger partial charge in [-0.3, -0.25) is 4.79 Å². The summed E-state index contributed by atoms with van der Waals surface area (Å²) in [5.74, 6) is 2.50. The molecule has 0 radical (unpaired) electrons. The smallest absolute Gasteiger partial charge is 0.150 e. The number of Topliss-reactive ketones (excluding diaryl/α,β-unsaturated/α-hetero) is 1. The highest BCUT2D eigenvalue weighted by Crippen LogP contribution is 2.21. The average Bonchev–Trinajstić information content (AvgIpc) is 2.14. The second-order valence-electron chi connectivity index (χ2n) is 5.11. The van der Waals surface area contributed by atoms with Crippen LogP contribution < -0.4 is 5.32 Å². The standard InChI is InChI=1S/C11H21NOS/c1-11(2,3)5-4-10(13)9-8-14-7-6-12-9/h9,12H,4-8H2,1-3H3. The molecule has 0 aromatic rings. The molecule has 1 heterocycles. The van der Waals surface area contributed by atoms with E-state index >= 15 is 0 Å². The number of rotatable bonds is 3. The van der Waals surface area contributed by atoms with E-state index in [0.717, 1.165) is 30.9 Å². The van der Waals surface area contributed by atoms with Crippen LogP contribution in [0.1, 0.15) is 33.6 Å². The van der Waals surface area contributed by atoms with Crippen LogP contribution in [-0.2, 0) is 4.79 Å². The zero-order valence-electron chi connectivity index (χ0n) is 9.43. The highest BCUT2D eigenvalue weighted by atomic mass is 32.2. The predicted molar refractivity (Wildman–Crippen MR) is 62.8 cm³/mol. The van der Waals surface area contributed by atoms with Gasteiger partial charge in [0.25, 0.3) is 0 Å². The Morgan fingerprint density at radius 1 is 1.50 bits per heavy atom. The molecule has 0 aromatic heterocycles. The van der Waals surface area contributed by atoms with Crippen molar-refractivity contribution in [2.24, 2.45) is 5.41 Å². The first-order valence-corrected chi connectivity index (χ1v) is 6.48. The Balaban J connectivity index is 2.27. The van der Waals surface area contributed by atoms with Gasteiger partial charge in [0.05, 0.1) is 6.04 Å². The maximum Gasteiger partial charge on any atom is 0.150 e. The van der Waals surface area contributed by atoms with Crippen LogP contribution in [0, 0.1) is 5.41 Å². The minimum atomic E-state index is 0.121. The van der Waals surface area contributed by atoms with Crippen molar-refractivity contribution in [2.75, 3.05) is 18.1 Å². The largest absolute Gasteiger partial charge is 0.306 e. The fraction of sp³-hybridized carbons (Fsp3) is 0.909. The second kappa shape index (κ2) is 5.17. The summed E-state index contributed by atoms with van der Waals surface area (Å²) in [6, 6.07) is 0.121. The van der Waals surface area contributed by atoms with Crippen molar-refractivity contribution >= 4 is 17.5 Å². The number of carbonyl (C=O) groups excluding carboxylic acids is 1. The highest BCUT2D eigenvalue weighted by Gasteiger charge is 2.22. The van der Waals surface area contributed by atoms with Gasteiger partial charge in [-0.15, -0.1) is 0 Å². The Morgan fingerprint density at radius 3 is 2.71 bits per heavy atom. The zero-order valence-corrected chi connectivity index (χ0v) is 10.2. The SMILES string of the molecule is CC(C)(C)CCC(=O)C1CSCCN1. The van der Waals surface area contributed by atoms with Crippen LogP contribution in [0.5, 0.6) is 0 Å². The quantitative estimate of drug-likeness (QED) is 0.781. The Hall–Kier alpha value is -0.0200. The number of carbonyl (C=O) groups is 1. The fourth-order valence-electron chi connectivity index (χ4n) is 1.44. The lowest BCUT2D eigenvalue weighted by Gasteiger charge is -2.24. The predicted octanol–water partition coefficient (Wildman–Crippen LogP) is 2.09. The molecule has 0 amide bonds. The van der Waals surface area contributed by atoms with Crippen LogP contribution >= 0.6 is 11.8 Å². The molecule has 1 saturated heterocycles. The number of ketones is 1. The third-order valence-corrected chi connectivity index (χ3v) is 3.49. The molecule has 1 fully saturated rings. The van der Waals surface area contributed by atoms with Gasteiger partial charge in [0.1, 0.15) is 0 Å². The fourth-order valence-corrected chi connectivity index (χ4v) is 2.41. The van der Waals surface area contributed by atoms with E-state index in [1.165, 1.54) is 0 Å². The van der Waals surface area contributed by atoms with Gasteiger partial charge < -0.3 is 5.32 Å². The van der Waals surface area contributed by atoms with Crippen LogP contribution in [-0.4, -0.2) is 29.9 Å². The molecule has 2 nitrogen and oxygen atoms in total. The molecule has 3 heteroatoms. The summed E-state index contributed by atoms with van der Waals surface area (Å²) < 4.78 is 0. The topological polar surface area (TPSA) is 29.1 Å². The summed E-state index contributed by atoms with van der Waals surface area (Å²) >= 11 is 1.88. The second-order valence-corrected chi connectivity index (χ2v) is 6.26. The minimum Gasteiger partial charge on any atom is -0.306 e. The zero-order chi connectivity index (χ0) is 10.6. The van der Waals surface area contributed by atoms with Gasteiger partial charge in [-0.1, -0.05) is 20.8 Å². The molecule has 0 aliphatic carbocycles. The van der Waals surface area contributed by atoms with E-state index in [9.17, 15) is 4.79 Å². The third kappa shape index (κ3) is 4.47. The van der Waals surface area contributed by atoms with Gasteiger partial charge in [0, 0.05) is 24.5 Å². The van der Waals surface area contributed by atoms with Crippen LogP contribution in [0.15, 0.2) is 0 Å². The summed E-state index contributed by atoms with van der Waals surface area (Å²) in [4.78, 5) is 11.8. The lowest BCUT2D eigenvalue weighted by molar-refractivity contribution is -0.121. The van der Waals surface area contributed by atoms with E-state index in [4.69, 9.17) is 0 Å². The van der Waals surface area contributed by atoms with Crippen molar-refractivity contribution in [3.8, 4) is 0 Å². The Morgan fingerprint density at radius 2 is 2.21 bits per heavy atom. The number of nitrogens with one attached hydrogen (secondary N) is 1. The Labute approximate surface area is 91.2 Å². The molecule has 1 aliphatic rings. The molecule has 1 atom stereocenters. The van der Waals surface area contributed by atoms with Gasteiger partial charge >= 0.3 is 0 Å². The van der Waals surface area contributed by atoms with Gasteiger partial charge in [0.2, 0.25) is 0 Å². The van der Waals surface area contributed by atoms with Gasteiger partial charge in [-0.25, -0.2) is 0 Å². The molecule has 1 rings (SSSR count). The van der Waals surface area contributed by atoms with Crippen molar-refractivity contribution in [3.63, 3.8) is 0 Å². The molecule has 1 aliphatic heterocycles. The molecular weight excluding hydrogens is 194 g/mol. The van der Waals surface area contributed by atoms with Crippen LogP contribution in [0.25, 0.3) is 0 Å². The van der Waals surface area contributed by atoms with Crippen molar-refractivity contribution in [3.05, 3.63) is 0 Å². The third-order valence-electron chi connectivity index (χ3n) is 2.43. The lowest BCUT2D eigenvalue weighted by Crippen LogP contribution is -2.43. The summed E-state index contributed by atoms with van der Waals surface area (Å²) in [6.45, 7) is 7.53. The summed E-state index contributed by atoms with van der Waals surface area (Å²) in [7, 11) is 0. The first-order chi connectivity index (χ1) is 6.49. The summed E-state index contributed by atoms with van der Waals surface area (Å²) in [5.41, 5.74) is 0.275. The molecule has 14 heavy (non-hydrogen) atoms. The van der Waals surface area contributed by atoms with Crippen molar-refractivity contribution in [1.82, 2.24) is 5.32 Å². The Kier molecular flexibility index (Phi) is 4.45. The van der Waals surface area contributed by atoms with Gasteiger partial charge in [0.15, 0.2) is 5.78 Å². The number of thioether (sulfide) groups is 1. The minimum absolute atomic E-state index is 0.121. The lowest BCUT2D eigenvalue weighted by atomic mass is 9.88. The van der Waals surface area contributed by atoms with E-state index in [2.05, 4.69) is 26.1 Å². The molecule has 0 saturated carbocycles. The molecule has 0 spiro atoms. The Bertz CT molecular complexity index is 192. The maximum atomic E-state index is 11.8. The van der Waals surface area contributed by atoms with E-state index in [-0.39, 0.29) is 11.5 Å². The molecule has 1 unspecified atom stereocenters. The summed E-state index contributed by atoms with van der Waals surface area (Å²) in [5, 5.41) is 3.28. The average molecular weight is 215 g/mol. The van der Waals surface area contributed by atoms with Gasteiger partial charge in [-0.05, 0) is 11.8 Å². The normalized spacial score (nSPS) is 23.5. The molecule has 0 bridgehead atoms. The monoisotopic (exact) mass is 215 g/mol. The van der Waals surface area contributed by atoms with E-state index in [1.807, 2.05) is 11.8 Å². The number of hydrogen-bond donors (Lipinski definition) is 1. The first kappa shape index (κ1) is 12.1. The number of hydrogen-bond acceptors (Lipinski definition) is 3. The van der Waals surface area contributed by atoms with Crippen LogP contribution in [0.2, 0.25) is 0 Å². The van der Waals surface area contributed by atoms with Crippen molar-refractivity contribution in [1.29, 1.82) is 0 Å². The van der Waals surface area contributed by atoms with E-state index in [0.29, 0.717) is 5.78 Å².